The number of rotatable bonds is 6. The maximum absolute atomic E-state index is 12.5. The second kappa shape index (κ2) is 8.10. The van der Waals surface area contributed by atoms with Crippen LogP contribution in [-0.2, 0) is 9.53 Å². The number of anilines is 1. The molecule has 0 bridgehead atoms. The summed E-state index contributed by atoms with van der Waals surface area (Å²) < 4.78 is 10.4. The van der Waals surface area contributed by atoms with E-state index in [1.54, 1.807) is 13.0 Å². The highest BCUT2D eigenvalue weighted by Crippen LogP contribution is 2.21. The first-order valence-corrected chi connectivity index (χ1v) is 8.64. The zero-order valence-electron chi connectivity index (χ0n) is 14.6. The van der Waals surface area contributed by atoms with Crippen molar-refractivity contribution in [1.82, 2.24) is 4.98 Å². The van der Waals surface area contributed by atoms with Crippen molar-refractivity contribution in [2.24, 2.45) is 0 Å². The first-order chi connectivity index (χ1) is 13.4. The molecule has 0 radical (unpaired) electrons. The summed E-state index contributed by atoms with van der Waals surface area (Å²) in [5.74, 6) is -2.50. The molecule has 0 aliphatic heterocycles. The van der Waals surface area contributed by atoms with E-state index in [1.165, 1.54) is 36.7 Å². The second-order valence-electron chi connectivity index (χ2n) is 5.83. The van der Waals surface area contributed by atoms with Crippen LogP contribution in [0.15, 0.2) is 47.2 Å². The minimum atomic E-state index is -1.22. The van der Waals surface area contributed by atoms with Crippen LogP contribution >= 0.6 is 11.6 Å². The van der Waals surface area contributed by atoms with Crippen molar-refractivity contribution in [3.63, 3.8) is 0 Å². The minimum absolute atomic E-state index is 0.0479. The monoisotopic (exact) mass is 402 g/mol. The topological polar surface area (TPSA) is 119 Å². The van der Waals surface area contributed by atoms with Gasteiger partial charge in [-0.05, 0) is 42.8 Å². The number of hydrogen-bond acceptors (Lipinski definition) is 6. The highest BCUT2D eigenvalue weighted by molar-refractivity contribution is 6.33. The van der Waals surface area contributed by atoms with Gasteiger partial charge in [0.1, 0.15) is 5.52 Å². The summed E-state index contributed by atoms with van der Waals surface area (Å²) in [6, 6.07) is 8.66. The molecular formula is C19H15ClN2O6. The zero-order valence-corrected chi connectivity index (χ0v) is 15.4. The number of carboxylic acids is 1. The Labute approximate surface area is 164 Å². The van der Waals surface area contributed by atoms with Gasteiger partial charge in [0.2, 0.25) is 0 Å². The van der Waals surface area contributed by atoms with Gasteiger partial charge >= 0.3 is 11.9 Å². The van der Waals surface area contributed by atoms with Crippen LogP contribution in [0.3, 0.4) is 0 Å². The van der Waals surface area contributed by atoms with Gasteiger partial charge in [0.25, 0.3) is 5.91 Å². The largest absolute Gasteiger partial charge is 0.478 e. The van der Waals surface area contributed by atoms with E-state index in [1.807, 2.05) is 0 Å². The molecule has 3 rings (SSSR count). The molecule has 28 heavy (non-hydrogen) atoms. The number of carboxylic acid groups (broad SMARTS) is 1. The van der Waals surface area contributed by atoms with Crippen LogP contribution in [0, 0.1) is 0 Å². The third-order valence-corrected chi connectivity index (χ3v) is 4.27. The Kier molecular flexibility index (Phi) is 5.60. The predicted octanol–water partition coefficient (Wildman–Crippen LogP) is 3.75. The number of nitrogens with one attached hydrogen (secondary N) is 1. The number of benzene rings is 2. The lowest BCUT2D eigenvalue weighted by Crippen LogP contribution is -2.32. The van der Waals surface area contributed by atoms with Gasteiger partial charge in [-0.15, -0.1) is 0 Å². The maximum Gasteiger partial charge on any atom is 0.339 e. The Morgan fingerprint density at radius 1 is 1.25 bits per heavy atom. The first kappa shape index (κ1) is 19.4. The van der Waals surface area contributed by atoms with Crippen LogP contribution in [0.2, 0.25) is 5.02 Å². The van der Waals surface area contributed by atoms with Crippen molar-refractivity contribution in [1.29, 1.82) is 0 Å². The number of aromatic nitrogens is 1. The van der Waals surface area contributed by atoms with Gasteiger partial charge in [0, 0.05) is 5.69 Å². The average Bonchev–Trinajstić information content (AvgIpc) is 3.14. The number of nitrogens with zero attached hydrogens (tertiary/aromatic N) is 1. The van der Waals surface area contributed by atoms with Gasteiger partial charge < -0.3 is 19.6 Å². The Balaban J connectivity index is 1.71. The van der Waals surface area contributed by atoms with Crippen LogP contribution in [0.5, 0.6) is 0 Å². The SMILES string of the molecule is CCC(OC(=O)c1ccc2ncoc2c1)C(=O)Nc1ccc(Cl)c(C(=O)O)c1. The zero-order chi connectivity index (χ0) is 20.3. The molecule has 0 aliphatic rings. The van der Waals surface area contributed by atoms with Gasteiger partial charge in [-0.25, -0.2) is 14.6 Å². The molecular weight excluding hydrogens is 388 g/mol. The summed E-state index contributed by atoms with van der Waals surface area (Å²) in [4.78, 5) is 39.9. The molecule has 2 aromatic carbocycles. The van der Waals surface area contributed by atoms with Crippen molar-refractivity contribution in [3.8, 4) is 0 Å². The van der Waals surface area contributed by atoms with Crippen molar-refractivity contribution >= 4 is 46.2 Å². The summed E-state index contributed by atoms with van der Waals surface area (Å²) in [5.41, 5.74) is 1.32. The molecule has 0 aliphatic carbocycles. The van der Waals surface area contributed by atoms with E-state index >= 15 is 0 Å². The molecule has 0 saturated carbocycles. The number of fused-ring (bicyclic) bond motifs is 1. The van der Waals surface area contributed by atoms with E-state index in [2.05, 4.69) is 10.3 Å². The van der Waals surface area contributed by atoms with Gasteiger partial charge in [0.15, 0.2) is 18.1 Å². The molecule has 1 amide bonds. The van der Waals surface area contributed by atoms with Crippen molar-refractivity contribution in [3.05, 3.63) is 58.9 Å². The summed E-state index contributed by atoms with van der Waals surface area (Å²) in [6.45, 7) is 1.68. The number of aromatic carboxylic acids is 1. The summed E-state index contributed by atoms with van der Waals surface area (Å²) in [5, 5.41) is 11.7. The fourth-order valence-corrected chi connectivity index (χ4v) is 2.69. The van der Waals surface area contributed by atoms with Crippen LogP contribution in [0.25, 0.3) is 11.1 Å². The van der Waals surface area contributed by atoms with E-state index in [4.69, 9.17) is 25.9 Å². The Morgan fingerprint density at radius 3 is 2.75 bits per heavy atom. The quantitative estimate of drug-likeness (QED) is 0.602. The van der Waals surface area contributed by atoms with E-state index < -0.39 is 23.9 Å². The second-order valence-corrected chi connectivity index (χ2v) is 6.23. The van der Waals surface area contributed by atoms with Gasteiger partial charge in [0.05, 0.1) is 16.1 Å². The molecule has 2 N–H and O–H groups in total. The minimum Gasteiger partial charge on any atom is -0.478 e. The van der Waals surface area contributed by atoms with Crippen LogP contribution in [0.1, 0.15) is 34.1 Å². The smallest absolute Gasteiger partial charge is 0.339 e. The van der Waals surface area contributed by atoms with E-state index in [0.717, 1.165) is 0 Å². The molecule has 0 spiro atoms. The molecule has 1 heterocycles. The first-order valence-electron chi connectivity index (χ1n) is 8.27. The fraction of sp³-hybridized carbons (Fsp3) is 0.158. The summed E-state index contributed by atoms with van der Waals surface area (Å²) >= 11 is 5.81. The number of oxazole rings is 1. The molecule has 1 aromatic heterocycles. The lowest BCUT2D eigenvalue weighted by molar-refractivity contribution is -0.124. The Hall–Kier alpha value is -3.39. The van der Waals surface area contributed by atoms with Crippen LogP contribution in [0.4, 0.5) is 5.69 Å². The fourth-order valence-electron chi connectivity index (χ4n) is 2.49. The molecule has 8 nitrogen and oxygen atoms in total. The average molecular weight is 403 g/mol. The number of carbonyl (C=O) groups is 3. The van der Waals surface area contributed by atoms with E-state index in [0.29, 0.717) is 11.1 Å². The maximum atomic E-state index is 12.5. The Bertz CT molecular complexity index is 1060. The van der Waals surface area contributed by atoms with Gasteiger partial charge in [-0.1, -0.05) is 18.5 Å². The molecule has 0 saturated heterocycles. The number of hydrogen-bond donors (Lipinski definition) is 2. The highest BCUT2D eigenvalue weighted by atomic mass is 35.5. The molecule has 0 fully saturated rings. The highest BCUT2D eigenvalue weighted by Gasteiger charge is 2.23. The lowest BCUT2D eigenvalue weighted by Gasteiger charge is -2.16. The van der Waals surface area contributed by atoms with Gasteiger partial charge in [-0.3, -0.25) is 4.79 Å². The number of halogens is 1. The molecule has 9 heteroatoms. The van der Waals surface area contributed by atoms with E-state index in [9.17, 15) is 14.4 Å². The number of carbonyl (C=O) groups excluding carboxylic acids is 2. The summed E-state index contributed by atoms with van der Waals surface area (Å²) in [7, 11) is 0. The van der Waals surface area contributed by atoms with Crippen LogP contribution in [-0.4, -0.2) is 34.0 Å². The van der Waals surface area contributed by atoms with Crippen molar-refractivity contribution in [2.45, 2.75) is 19.4 Å². The number of esters is 1. The number of amides is 1. The molecule has 3 aromatic rings. The van der Waals surface area contributed by atoms with Crippen molar-refractivity contribution < 1.29 is 28.6 Å². The predicted molar refractivity (Wildman–Crippen MR) is 101 cm³/mol. The standard InChI is InChI=1S/C19H15ClN2O6/c1-2-15(17(23)22-11-4-5-13(20)12(8-11)18(24)25)28-19(26)10-3-6-14-16(7-10)27-9-21-14/h3-9,15H,2H2,1H3,(H,22,23)(H,24,25). The third kappa shape index (κ3) is 4.12. The Morgan fingerprint density at radius 2 is 2.04 bits per heavy atom. The van der Waals surface area contributed by atoms with Crippen molar-refractivity contribution in [2.75, 3.05) is 5.32 Å². The summed E-state index contributed by atoms with van der Waals surface area (Å²) in [6.07, 6.45) is 0.419. The number of ether oxygens (including phenoxy) is 1. The lowest BCUT2D eigenvalue weighted by atomic mass is 10.2. The third-order valence-electron chi connectivity index (χ3n) is 3.94. The van der Waals surface area contributed by atoms with Crippen LogP contribution < -0.4 is 5.32 Å². The normalized spacial score (nSPS) is 11.8. The molecule has 1 unspecified atom stereocenters. The van der Waals surface area contributed by atoms with Gasteiger partial charge in [-0.2, -0.15) is 0 Å². The molecule has 144 valence electrons. The molecule has 1 atom stereocenters. The van der Waals surface area contributed by atoms with E-state index in [-0.39, 0.29) is 28.3 Å².